The van der Waals surface area contributed by atoms with Crippen molar-refractivity contribution in [1.29, 1.82) is 0 Å². The highest BCUT2D eigenvalue weighted by Crippen LogP contribution is 2.21. The van der Waals surface area contributed by atoms with Crippen LogP contribution in [0.25, 0.3) is 5.65 Å². The van der Waals surface area contributed by atoms with Gasteiger partial charge < -0.3 is 4.40 Å². The van der Waals surface area contributed by atoms with Gasteiger partial charge in [-0.25, -0.2) is 13.4 Å². The number of hydrogen-bond donors (Lipinski definition) is 1. The average Bonchev–Trinajstić information content (AvgIpc) is 2.80. The summed E-state index contributed by atoms with van der Waals surface area (Å²) in [5, 5.41) is 0. The Morgan fingerprint density at radius 3 is 2.59 bits per heavy atom. The van der Waals surface area contributed by atoms with E-state index in [1.807, 2.05) is 32.2 Å². The molecule has 22 heavy (non-hydrogen) atoms. The molecule has 3 aromatic rings. The average molecular weight is 315 g/mol. The van der Waals surface area contributed by atoms with E-state index >= 15 is 0 Å². The molecule has 0 aliphatic carbocycles. The van der Waals surface area contributed by atoms with Crippen molar-refractivity contribution in [1.82, 2.24) is 9.38 Å². The lowest BCUT2D eigenvalue weighted by atomic mass is 10.2. The number of hydrogen-bond acceptors (Lipinski definition) is 3. The fraction of sp³-hybridized carbons (Fsp3) is 0.188. The SMILES string of the molecule is Cc1ccc(C)c(S(=O)(=O)Nc2ccc3nc(C)cn3c2)c1. The van der Waals surface area contributed by atoms with Gasteiger partial charge >= 0.3 is 0 Å². The Hall–Kier alpha value is -2.34. The van der Waals surface area contributed by atoms with Crippen molar-refractivity contribution in [3.05, 3.63) is 59.5 Å². The number of nitrogens with zero attached hydrogens (tertiary/aromatic N) is 2. The largest absolute Gasteiger partial charge is 0.305 e. The van der Waals surface area contributed by atoms with E-state index in [0.29, 0.717) is 10.6 Å². The summed E-state index contributed by atoms with van der Waals surface area (Å²) < 4.78 is 29.6. The van der Waals surface area contributed by atoms with Crippen LogP contribution in [0.4, 0.5) is 5.69 Å². The summed E-state index contributed by atoms with van der Waals surface area (Å²) in [6.07, 6.45) is 3.57. The summed E-state index contributed by atoms with van der Waals surface area (Å²) in [6, 6.07) is 8.89. The number of nitrogens with one attached hydrogen (secondary N) is 1. The predicted octanol–water partition coefficient (Wildman–Crippen LogP) is 3.06. The Morgan fingerprint density at radius 1 is 1.05 bits per heavy atom. The molecule has 0 bridgehead atoms. The Morgan fingerprint density at radius 2 is 1.82 bits per heavy atom. The first-order chi connectivity index (χ1) is 10.3. The van der Waals surface area contributed by atoms with E-state index in [1.54, 1.807) is 35.7 Å². The zero-order valence-corrected chi connectivity index (χ0v) is 13.5. The number of fused-ring (bicyclic) bond motifs is 1. The molecule has 114 valence electrons. The summed E-state index contributed by atoms with van der Waals surface area (Å²) in [6.45, 7) is 5.56. The van der Waals surface area contributed by atoms with Crippen molar-refractivity contribution < 1.29 is 8.42 Å². The van der Waals surface area contributed by atoms with E-state index < -0.39 is 10.0 Å². The fourth-order valence-electron chi connectivity index (χ4n) is 2.39. The second kappa shape index (κ2) is 5.14. The van der Waals surface area contributed by atoms with Gasteiger partial charge in [0, 0.05) is 12.4 Å². The molecule has 0 amide bonds. The summed E-state index contributed by atoms with van der Waals surface area (Å²) in [5.41, 5.74) is 3.80. The number of aromatic nitrogens is 2. The van der Waals surface area contributed by atoms with Crippen molar-refractivity contribution in [2.75, 3.05) is 4.72 Å². The molecule has 0 saturated carbocycles. The molecule has 6 heteroatoms. The first-order valence-electron chi connectivity index (χ1n) is 6.90. The maximum absolute atomic E-state index is 12.6. The lowest BCUT2D eigenvalue weighted by Crippen LogP contribution is -2.14. The number of sulfonamides is 1. The number of aryl methyl sites for hydroxylation is 3. The van der Waals surface area contributed by atoms with Crippen molar-refractivity contribution in [2.24, 2.45) is 0 Å². The Kier molecular flexibility index (Phi) is 3.41. The standard InChI is InChI=1S/C16H17N3O2S/c1-11-4-5-12(2)15(8-11)22(20,21)18-14-6-7-16-17-13(3)9-19(16)10-14/h4-10,18H,1-3H3. The van der Waals surface area contributed by atoms with Crippen LogP contribution in [0.15, 0.2) is 47.6 Å². The van der Waals surface area contributed by atoms with Crippen molar-refractivity contribution in [2.45, 2.75) is 25.7 Å². The normalized spacial score (nSPS) is 11.8. The van der Waals surface area contributed by atoms with Crippen LogP contribution in [0.3, 0.4) is 0 Å². The lowest BCUT2D eigenvalue weighted by molar-refractivity contribution is 0.600. The molecule has 5 nitrogen and oxygen atoms in total. The van der Waals surface area contributed by atoms with Gasteiger partial charge in [-0.05, 0) is 50.1 Å². The molecule has 1 aromatic carbocycles. The van der Waals surface area contributed by atoms with Crippen LogP contribution in [-0.2, 0) is 10.0 Å². The van der Waals surface area contributed by atoms with E-state index in [1.165, 1.54) is 0 Å². The molecule has 2 heterocycles. The van der Waals surface area contributed by atoms with Crippen LogP contribution in [0.5, 0.6) is 0 Å². The van der Waals surface area contributed by atoms with Crippen LogP contribution in [0.2, 0.25) is 0 Å². The van der Waals surface area contributed by atoms with Gasteiger partial charge in [-0.2, -0.15) is 0 Å². The zero-order chi connectivity index (χ0) is 15.9. The van der Waals surface area contributed by atoms with E-state index in [4.69, 9.17) is 0 Å². The third-order valence-electron chi connectivity index (χ3n) is 3.46. The summed E-state index contributed by atoms with van der Waals surface area (Å²) in [5.74, 6) is 0. The van der Waals surface area contributed by atoms with Gasteiger partial charge in [0.15, 0.2) is 0 Å². The van der Waals surface area contributed by atoms with Crippen LogP contribution in [0.1, 0.15) is 16.8 Å². The van der Waals surface area contributed by atoms with Gasteiger partial charge in [-0.15, -0.1) is 0 Å². The number of rotatable bonds is 3. The summed E-state index contributed by atoms with van der Waals surface area (Å²) >= 11 is 0. The van der Waals surface area contributed by atoms with Crippen LogP contribution in [0, 0.1) is 20.8 Å². The molecule has 0 fully saturated rings. The third-order valence-corrected chi connectivity index (χ3v) is 4.98. The highest BCUT2D eigenvalue weighted by molar-refractivity contribution is 7.92. The van der Waals surface area contributed by atoms with Gasteiger partial charge in [0.2, 0.25) is 0 Å². The minimum Gasteiger partial charge on any atom is -0.305 e. The quantitative estimate of drug-likeness (QED) is 0.808. The molecule has 3 rings (SSSR count). The van der Waals surface area contributed by atoms with Crippen LogP contribution < -0.4 is 4.72 Å². The molecule has 0 unspecified atom stereocenters. The monoisotopic (exact) mass is 315 g/mol. The van der Waals surface area contributed by atoms with E-state index in [-0.39, 0.29) is 0 Å². The Bertz CT molecular complexity index is 959. The molecule has 1 N–H and O–H groups in total. The minimum atomic E-state index is -3.61. The first-order valence-corrected chi connectivity index (χ1v) is 8.39. The number of pyridine rings is 1. The highest BCUT2D eigenvalue weighted by Gasteiger charge is 2.17. The van der Waals surface area contributed by atoms with Gasteiger partial charge in [-0.1, -0.05) is 12.1 Å². The molecule has 0 aliphatic rings. The lowest BCUT2D eigenvalue weighted by Gasteiger charge is -2.11. The second-order valence-corrected chi connectivity index (χ2v) is 7.09. The highest BCUT2D eigenvalue weighted by atomic mass is 32.2. The van der Waals surface area contributed by atoms with Gasteiger partial charge in [0.05, 0.1) is 16.3 Å². The molecule has 0 saturated heterocycles. The third kappa shape index (κ3) is 2.69. The molecular formula is C16H17N3O2S. The summed E-state index contributed by atoms with van der Waals surface area (Å²) in [7, 11) is -3.61. The van der Waals surface area contributed by atoms with Crippen molar-refractivity contribution >= 4 is 21.4 Å². The van der Waals surface area contributed by atoms with Gasteiger partial charge in [0.25, 0.3) is 10.0 Å². The molecule has 0 radical (unpaired) electrons. The number of anilines is 1. The van der Waals surface area contributed by atoms with Crippen LogP contribution in [-0.4, -0.2) is 17.8 Å². The maximum atomic E-state index is 12.6. The molecule has 0 atom stereocenters. The van der Waals surface area contributed by atoms with Crippen molar-refractivity contribution in [3.8, 4) is 0 Å². The van der Waals surface area contributed by atoms with Gasteiger partial charge in [0.1, 0.15) is 5.65 Å². The molecule has 0 spiro atoms. The fourth-order valence-corrected chi connectivity index (χ4v) is 3.76. The minimum absolute atomic E-state index is 0.300. The topological polar surface area (TPSA) is 63.5 Å². The zero-order valence-electron chi connectivity index (χ0n) is 12.7. The predicted molar refractivity (Wildman–Crippen MR) is 86.7 cm³/mol. The summed E-state index contributed by atoms with van der Waals surface area (Å²) in [4.78, 5) is 4.62. The second-order valence-electron chi connectivity index (χ2n) is 5.44. The van der Waals surface area contributed by atoms with E-state index in [2.05, 4.69) is 9.71 Å². The van der Waals surface area contributed by atoms with E-state index in [9.17, 15) is 8.42 Å². The Labute approximate surface area is 129 Å². The van der Waals surface area contributed by atoms with Crippen molar-refractivity contribution in [3.63, 3.8) is 0 Å². The first kappa shape index (κ1) is 14.6. The maximum Gasteiger partial charge on any atom is 0.262 e. The molecule has 0 aliphatic heterocycles. The van der Waals surface area contributed by atoms with E-state index in [0.717, 1.165) is 22.5 Å². The number of imidazole rings is 1. The van der Waals surface area contributed by atoms with Gasteiger partial charge in [-0.3, -0.25) is 4.72 Å². The molecular weight excluding hydrogens is 298 g/mol. The number of benzene rings is 1. The molecule has 2 aromatic heterocycles. The van der Waals surface area contributed by atoms with Crippen LogP contribution >= 0.6 is 0 Å². The Balaban J connectivity index is 2.00. The smallest absolute Gasteiger partial charge is 0.262 e.